The molecular formula is C14H27NO. The van der Waals surface area contributed by atoms with Crippen LogP contribution in [0.3, 0.4) is 0 Å². The van der Waals surface area contributed by atoms with Crippen LogP contribution in [-0.2, 0) is 4.74 Å². The van der Waals surface area contributed by atoms with Crippen molar-refractivity contribution in [2.75, 3.05) is 7.11 Å². The lowest BCUT2D eigenvalue weighted by atomic mass is 9.58. The van der Waals surface area contributed by atoms with Gasteiger partial charge in [0, 0.05) is 24.6 Å². The smallest absolute Gasteiger partial charge is 0.0657 e. The molecule has 0 spiro atoms. The predicted molar refractivity (Wildman–Crippen MR) is 69.6 cm³/mol. The second-order valence-electron chi connectivity index (χ2n) is 5.04. The lowest BCUT2D eigenvalue weighted by molar-refractivity contribution is -0.125. The molecule has 1 N–H and O–H groups in total. The first-order valence-corrected chi connectivity index (χ1v) is 6.54. The van der Waals surface area contributed by atoms with Gasteiger partial charge in [-0.15, -0.1) is 6.58 Å². The molecule has 0 bridgehead atoms. The third-order valence-electron chi connectivity index (χ3n) is 4.39. The van der Waals surface area contributed by atoms with Crippen molar-refractivity contribution in [2.24, 2.45) is 5.41 Å². The summed E-state index contributed by atoms with van der Waals surface area (Å²) in [6.45, 7) is 10.6. The number of methoxy groups -OCH3 is 1. The highest BCUT2D eigenvalue weighted by atomic mass is 16.5. The van der Waals surface area contributed by atoms with Crippen LogP contribution in [0.5, 0.6) is 0 Å². The Kier molecular flexibility index (Phi) is 5.00. The van der Waals surface area contributed by atoms with Crippen LogP contribution in [0.15, 0.2) is 12.7 Å². The van der Waals surface area contributed by atoms with Crippen LogP contribution in [0.1, 0.15) is 46.5 Å². The van der Waals surface area contributed by atoms with Gasteiger partial charge in [0.15, 0.2) is 0 Å². The van der Waals surface area contributed by atoms with Gasteiger partial charge in [-0.05, 0) is 32.6 Å². The molecule has 1 aliphatic carbocycles. The average molecular weight is 225 g/mol. The van der Waals surface area contributed by atoms with E-state index in [0.717, 1.165) is 12.8 Å². The molecule has 0 amide bonds. The predicted octanol–water partition coefficient (Wildman–Crippen LogP) is 3.13. The Morgan fingerprint density at radius 3 is 2.56 bits per heavy atom. The highest BCUT2D eigenvalue weighted by molar-refractivity contribution is 5.07. The molecule has 2 heteroatoms. The topological polar surface area (TPSA) is 21.3 Å². The minimum absolute atomic E-state index is 0.351. The van der Waals surface area contributed by atoms with Crippen molar-refractivity contribution in [1.29, 1.82) is 0 Å². The van der Waals surface area contributed by atoms with E-state index in [1.54, 1.807) is 0 Å². The molecule has 0 aromatic heterocycles. The first kappa shape index (κ1) is 13.7. The molecule has 1 fully saturated rings. The molecule has 1 aliphatic rings. The number of hydrogen-bond donors (Lipinski definition) is 1. The van der Waals surface area contributed by atoms with Crippen LogP contribution in [0.4, 0.5) is 0 Å². The van der Waals surface area contributed by atoms with E-state index in [4.69, 9.17) is 4.74 Å². The summed E-state index contributed by atoms with van der Waals surface area (Å²) in [5.74, 6) is 0. The van der Waals surface area contributed by atoms with Gasteiger partial charge >= 0.3 is 0 Å². The van der Waals surface area contributed by atoms with Gasteiger partial charge in [0.1, 0.15) is 0 Å². The molecule has 0 aromatic carbocycles. The van der Waals surface area contributed by atoms with Gasteiger partial charge in [-0.2, -0.15) is 0 Å². The maximum atomic E-state index is 5.60. The molecule has 3 unspecified atom stereocenters. The molecule has 2 nitrogen and oxygen atoms in total. The Hall–Kier alpha value is -0.340. The summed E-state index contributed by atoms with van der Waals surface area (Å²) in [7, 11) is 1.84. The standard InChI is InChI=1S/C14H27NO/c1-6-9-11(4)15-12-10-13(16-5)14(12,7-2)8-3/h6,11-13,15H,1,7-10H2,2-5H3. The van der Waals surface area contributed by atoms with E-state index in [1.807, 2.05) is 13.2 Å². The van der Waals surface area contributed by atoms with E-state index in [-0.39, 0.29) is 0 Å². The first-order valence-electron chi connectivity index (χ1n) is 6.54. The second-order valence-corrected chi connectivity index (χ2v) is 5.04. The molecule has 0 aliphatic heterocycles. The van der Waals surface area contributed by atoms with Crippen LogP contribution in [0.25, 0.3) is 0 Å². The SMILES string of the molecule is C=CCC(C)NC1CC(OC)C1(CC)CC. The van der Waals surface area contributed by atoms with Crippen molar-refractivity contribution in [3.8, 4) is 0 Å². The minimum Gasteiger partial charge on any atom is -0.381 e. The van der Waals surface area contributed by atoms with E-state index in [2.05, 4.69) is 32.7 Å². The highest BCUT2D eigenvalue weighted by Gasteiger charge is 2.52. The van der Waals surface area contributed by atoms with Crippen LogP contribution in [0, 0.1) is 5.41 Å². The number of hydrogen-bond acceptors (Lipinski definition) is 2. The van der Waals surface area contributed by atoms with E-state index in [0.29, 0.717) is 23.6 Å². The van der Waals surface area contributed by atoms with Crippen molar-refractivity contribution >= 4 is 0 Å². The fourth-order valence-electron chi connectivity index (χ4n) is 3.17. The van der Waals surface area contributed by atoms with Gasteiger partial charge in [-0.25, -0.2) is 0 Å². The van der Waals surface area contributed by atoms with Gasteiger partial charge in [-0.3, -0.25) is 0 Å². The quantitative estimate of drug-likeness (QED) is 0.672. The second kappa shape index (κ2) is 5.83. The van der Waals surface area contributed by atoms with Crippen molar-refractivity contribution in [2.45, 2.75) is 64.6 Å². The van der Waals surface area contributed by atoms with Crippen molar-refractivity contribution in [3.05, 3.63) is 12.7 Å². The van der Waals surface area contributed by atoms with E-state index in [1.165, 1.54) is 12.8 Å². The summed E-state index contributed by atoms with van der Waals surface area (Å²) < 4.78 is 5.60. The van der Waals surface area contributed by atoms with E-state index >= 15 is 0 Å². The molecule has 3 atom stereocenters. The zero-order valence-electron chi connectivity index (χ0n) is 11.3. The molecule has 1 saturated carbocycles. The molecule has 94 valence electrons. The highest BCUT2D eigenvalue weighted by Crippen LogP contribution is 2.48. The van der Waals surface area contributed by atoms with E-state index in [9.17, 15) is 0 Å². The van der Waals surface area contributed by atoms with Crippen molar-refractivity contribution in [1.82, 2.24) is 5.32 Å². The van der Waals surface area contributed by atoms with Crippen molar-refractivity contribution < 1.29 is 4.74 Å². The molecular weight excluding hydrogens is 198 g/mol. The van der Waals surface area contributed by atoms with Gasteiger partial charge in [-0.1, -0.05) is 19.9 Å². The summed E-state index contributed by atoms with van der Waals surface area (Å²) in [4.78, 5) is 0. The fourth-order valence-corrected chi connectivity index (χ4v) is 3.17. The third kappa shape index (κ3) is 2.33. The summed E-state index contributed by atoms with van der Waals surface area (Å²) in [5.41, 5.74) is 0.351. The number of nitrogens with one attached hydrogen (secondary N) is 1. The van der Waals surface area contributed by atoms with Crippen LogP contribution >= 0.6 is 0 Å². The Morgan fingerprint density at radius 2 is 2.12 bits per heavy atom. The monoisotopic (exact) mass is 225 g/mol. The zero-order chi connectivity index (χ0) is 12.2. The summed E-state index contributed by atoms with van der Waals surface area (Å²) in [6.07, 6.45) is 7.01. The largest absolute Gasteiger partial charge is 0.381 e. The van der Waals surface area contributed by atoms with E-state index < -0.39 is 0 Å². The van der Waals surface area contributed by atoms with Gasteiger partial charge in [0.25, 0.3) is 0 Å². The Labute approximate surface area is 100 Å². The van der Waals surface area contributed by atoms with Gasteiger partial charge in [0.2, 0.25) is 0 Å². The zero-order valence-corrected chi connectivity index (χ0v) is 11.3. The van der Waals surface area contributed by atoms with Gasteiger partial charge in [0.05, 0.1) is 6.10 Å². The molecule has 0 aromatic rings. The average Bonchev–Trinajstić information content (AvgIpc) is 2.26. The molecule has 0 saturated heterocycles. The minimum atomic E-state index is 0.351. The normalized spacial score (nSPS) is 29.5. The first-order chi connectivity index (χ1) is 7.64. The Morgan fingerprint density at radius 1 is 1.50 bits per heavy atom. The summed E-state index contributed by atoms with van der Waals surface area (Å²) in [5, 5.41) is 3.72. The third-order valence-corrected chi connectivity index (χ3v) is 4.39. The lowest BCUT2D eigenvalue weighted by Gasteiger charge is -2.56. The Bertz CT molecular complexity index is 223. The molecule has 16 heavy (non-hydrogen) atoms. The number of rotatable bonds is 7. The number of ether oxygens (including phenoxy) is 1. The van der Waals surface area contributed by atoms with Crippen LogP contribution < -0.4 is 5.32 Å². The summed E-state index contributed by atoms with van der Waals surface area (Å²) in [6, 6.07) is 1.14. The van der Waals surface area contributed by atoms with Crippen LogP contribution in [0.2, 0.25) is 0 Å². The lowest BCUT2D eigenvalue weighted by Crippen LogP contribution is -2.64. The van der Waals surface area contributed by atoms with Gasteiger partial charge < -0.3 is 10.1 Å². The Balaban J connectivity index is 2.58. The fraction of sp³-hybridized carbons (Fsp3) is 0.857. The van der Waals surface area contributed by atoms with Crippen LogP contribution in [-0.4, -0.2) is 25.3 Å². The molecule has 0 heterocycles. The molecule has 0 radical (unpaired) electrons. The summed E-state index contributed by atoms with van der Waals surface area (Å²) >= 11 is 0. The molecule has 1 rings (SSSR count). The maximum Gasteiger partial charge on any atom is 0.0657 e. The maximum absolute atomic E-state index is 5.60. The van der Waals surface area contributed by atoms with Crippen molar-refractivity contribution in [3.63, 3.8) is 0 Å².